The van der Waals surface area contributed by atoms with Gasteiger partial charge in [0.25, 0.3) is 0 Å². The van der Waals surface area contributed by atoms with Crippen LogP contribution in [-0.4, -0.2) is 15.7 Å². The highest BCUT2D eigenvalue weighted by molar-refractivity contribution is 5.76. The third-order valence-corrected chi connectivity index (χ3v) is 4.73. The van der Waals surface area contributed by atoms with Crippen LogP contribution in [0.5, 0.6) is 0 Å². The molecule has 0 radical (unpaired) electrons. The Morgan fingerprint density at radius 2 is 1.72 bits per heavy atom. The summed E-state index contributed by atoms with van der Waals surface area (Å²) in [5, 5.41) is 7.18. The quantitative estimate of drug-likeness (QED) is 0.488. The van der Waals surface area contributed by atoms with Gasteiger partial charge in [0, 0.05) is 37.3 Å². The van der Waals surface area contributed by atoms with Crippen molar-refractivity contribution in [3.63, 3.8) is 0 Å². The lowest BCUT2D eigenvalue weighted by Gasteiger charge is -2.07. The Bertz CT molecular complexity index is 1040. The minimum absolute atomic E-state index is 0.0169. The average molecular weight is 385 g/mol. The number of hydrogen-bond acceptors (Lipinski definition) is 3. The zero-order chi connectivity index (χ0) is 19.9. The average Bonchev–Trinajstić information content (AvgIpc) is 3.45. The third-order valence-electron chi connectivity index (χ3n) is 4.73. The number of carbonyl (C=O) groups excluding carboxylic acids is 1. The van der Waals surface area contributed by atoms with Gasteiger partial charge in [-0.25, -0.2) is 0 Å². The zero-order valence-corrected chi connectivity index (χ0v) is 16.1. The Morgan fingerprint density at radius 1 is 0.931 bits per heavy atom. The molecule has 2 heterocycles. The molecular formula is C24H23N3O2. The SMILES string of the molecule is O=C(CCc1ccc(-c2ccccc2)o1)NCc1ccc(Cn2cccn2)cc1. The monoisotopic (exact) mass is 385 g/mol. The van der Waals surface area contributed by atoms with E-state index < -0.39 is 0 Å². The molecule has 0 bridgehead atoms. The van der Waals surface area contributed by atoms with E-state index in [1.807, 2.05) is 71.5 Å². The molecule has 0 aliphatic carbocycles. The second-order valence-electron chi connectivity index (χ2n) is 6.93. The van der Waals surface area contributed by atoms with Gasteiger partial charge >= 0.3 is 0 Å². The second-order valence-corrected chi connectivity index (χ2v) is 6.93. The molecule has 4 aromatic rings. The Labute approximate surface area is 170 Å². The van der Waals surface area contributed by atoms with Gasteiger partial charge in [-0.1, -0.05) is 54.6 Å². The van der Waals surface area contributed by atoms with E-state index in [1.165, 1.54) is 5.56 Å². The van der Waals surface area contributed by atoms with E-state index >= 15 is 0 Å². The lowest BCUT2D eigenvalue weighted by Crippen LogP contribution is -2.22. The van der Waals surface area contributed by atoms with Gasteiger partial charge < -0.3 is 9.73 Å². The summed E-state index contributed by atoms with van der Waals surface area (Å²) in [5.74, 6) is 1.67. The lowest BCUT2D eigenvalue weighted by atomic mass is 10.1. The summed E-state index contributed by atoms with van der Waals surface area (Å²) in [7, 11) is 0. The minimum Gasteiger partial charge on any atom is -0.461 e. The number of aryl methyl sites for hydroxylation is 1. The smallest absolute Gasteiger partial charge is 0.220 e. The van der Waals surface area contributed by atoms with E-state index in [4.69, 9.17) is 4.42 Å². The third kappa shape index (κ3) is 5.23. The lowest BCUT2D eigenvalue weighted by molar-refractivity contribution is -0.121. The molecule has 0 spiro atoms. The summed E-state index contributed by atoms with van der Waals surface area (Å²) in [6.07, 6.45) is 4.70. The predicted molar refractivity (Wildman–Crippen MR) is 112 cm³/mol. The maximum absolute atomic E-state index is 12.2. The van der Waals surface area contributed by atoms with Gasteiger partial charge in [-0.05, 0) is 29.3 Å². The Balaban J connectivity index is 1.22. The highest BCUT2D eigenvalue weighted by Crippen LogP contribution is 2.22. The highest BCUT2D eigenvalue weighted by Gasteiger charge is 2.07. The van der Waals surface area contributed by atoms with E-state index in [1.54, 1.807) is 6.20 Å². The number of amides is 1. The van der Waals surface area contributed by atoms with Crippen LogP contribution in [0.2, 0.25) is 0 Å². The molecule has 2 aromatic carbocycles. The van der Waals surface area contributed by atoms with E-state index in [-0.39, 0.29) is 5.91 Å². The van der Waals surface area contributed by atoms with Crippen LogP contribution < -0.4 is 5.32 Å². The van der Waals surface area contributed by atoms with Crippen molar-refractivity contribution in [2.75, 3.05) is 0 Å². The van der Waals surface area contributed by atoms with E-state index in [0.29, 0.717) is 19.4 Å². The number of furan rings is 1. The van der Waals surface area contributed by atoms with Crippen LogP contribution in [0.1, 0.15) is 23.3 Å². The van der Waals surface area contributed by atoms with Crippen LogP contribution in [-0.2, 0) is 24.3 Å². The van der Waals surface area contributed by atoms with Crippen molar-refractivity contribution >= 4 is 5.91 Å². The highest BCUT2D eigenvalue weighted by atomic mass is 16.3. The molecule has 0 aliphatic rings. The number of rotatable bonds is 8. The molecule has 1 amide bonds. The molecule has 1 N–H and O–H groups in total. The number of aromatic nitrogens is 2. The van der Waals surface area contributed by atoms with Crippen LogP contribution in [0.3, 0.4) is 0 Å². The number of nitrogens with one attached hydrogen (secondary N) is 1. The molecule has 29 heavy (non-hydrogen) atoms. The fraction of sp³-hybridized carbons (Fsp3) is 0.167. The molecule has 5 heteroatoms. The maximum atomic E-state index is 12.2. The van der Waals surface area contributed by atoms with Crippen molar-refractivity contribution in [2.24, 2.45) is 0 Å². The predicted octanol–water partition coefficient (Wildman–Crippen LogP) is 4.44. The van der Waals surface area contributed by atoms with Gasteiger partial charge in [-0.2, -0.15) is 5.10 Å². The van der Waals surface area contributed by atoms with Crippen LogP contribution >= 0.6 is 0 Å². The molecule has 0 aliphatic heterocycles. The number of carbonyl (C=O) groups is 1. The van der Waals surface area contributed by atoms with Crippen LogP contribution in [0.25, 0.3) is 11.3 Å². The summed E-state index contributed by atoms with van der Waals surface area (Å²) in [6, 6.07) is 24.0. The molecule has 2 aromatic heterocycles. The van der Waals surface area contributed by atoms with Crippen molar-refractivity contribution in [2.45, 2.75) is 25.9 Å². The summed E-state index contributed by atoms with van der Waals surface area (Å²) < 4.78 is 7.74. The van der Waals surface area contributed by atoms with Gasteiger partial charge in [0.2, 0.25) is 5.91 Å². The van der Waals surface area contributed by atoms with Crippen LogP contribution in [0.4, 0.5) is 0 Å². The van der Waals surface area contributed by atoms with Gasteiger partial charge in [0.05, 0.1) is 6.54 Å². The largest absolute Gasteiger partial charge is 0.461 e. The molecule has 5 nitrogen and oxygen atoms in total. The fourth-order valence-electron chi connectivity index (χ4n) is 3.14. The molecule has 0 saturated carbocycles. The normalized spacial score (nSPS) is 10.8. The first-order valence-electron chi connectivity index (χ1n) is 9.72. The van der Waals surface area contributed by atoms with Gasteiger partial charge in [-0.3, -0.25) is 9.48 Å². The zero-order valence-electron chi connectivity index (χ0n) is 16.1. The van der Waals surface area contributed by atoms with Gasteiger partial charge in [-0.15, -0.1) is 0 Å². The first-order valence-corrected chi connectivity index (χ1v) is 9.72. The van der Waals surface area contributed by atoms with Gasteiger partial charge in [0.15, 0.2) is 0 Å². The number of benzene rings is 2. The summed E-state index contributed by atoms with van der Waals surface area (Å²) >= 11 is 0. The number of hydrogen-bond donors (Lipinski definition) is 1. The van der Waals surface area contributed by atoms with Crippen LogP contribution in [0.15, 0.2) is 89.6 Å². The Kier molecular flexibility index (Phi) is 5.86. The van der Waals surface area contributed by atoms with Gasteiger partial charge in [0.1, 0.15) is 11.5 Å². The minimum atomic E-state index is 0.0169. The molecule has 4 rings (SSSR count). The van der Waals surface area contributed by atoms with Crippen molar-refractivity contribution in [3.05, 3.63) is 102 Å². The fourth-order valence-corrected chi connectivity index (χ4v) is 3.14. The molecule has 0 fully saturated rings. The molecule has 146 valence electrons. The summed E-state index contributed by atoms with van der Waals surface area (Å²) in [4.78, 5) is 12.2. The van der Waals surface area contributed by atoms with Crippen molar-refractivity contribution in [1.29, 1.82) is 0 Å². The maximum Gasteiger partial charge on any atom is 0.220 e. The molecule has 0 unspecified atom stereocenters. The summed E-state index contributed by atoms with van der Waals surface area (Å²) in [5.41, 5.74) is 3.29. The number of nitrogens with zero attached hydrogens (tertiary/aromatic N) is 2. The Hall–Kier alpha value is -3.60. The standard InChI is InChI=1S/C24H23N3O2/c28-24(14-12-22-11-13-23(29-22)21-5-2-1-3-6-21)25-17-19-7-9-20(10-8-19)18-27-16-4-15-26-27/h1-11,13,15-16H,12,14,17-18H2,(H,25,28). The van der Waals surface area contributed by atoms with Crippen molar-refractivity contribution in [1.82, 2.24) is 15.1 Å². The van der Waals surface area contributed by atoms with E-state index in [2.05, 4.69) is 22.5 Å². The van der Waals surface area contributed by atoms with E-state index in [9.17, 15) is 4.79 Å². The first kappa shape index (κ1) is 18.7. The summed E-state index contributed by atoms with van der Waals surface area (Å²) in [6.45, 7) is 1.27. The molecule has 0 saturated heterocycles. The second kappa shape index (κ2) is 9.06. The Morgan fingerprint density at radius 3 is 2.48 bits per heavy atom. The topological polar surface area (TPSA) is 60.1 Å². The first-order chi connectivity index (χ1) is 14.3. The molecule has 0 atom stereocenters. The van der Waals surface area contributed by atoms with Crippen LogP contribution in [0, 0.1) is 0 Å². The molecular weight excluding hydrogens is 362 g/mol. The van der Waals surface area contributed by atoms with Crippen molar-refractivity contribution < 1.29 is 9.21 Å². The van der Waals surface area contributed by atoms with E-state index in [0.717, 1.165) is 29.2 Å². The van der Waals surface area contributed by atoms with Crippen molar-refractivity contribution in [3.8, 4) is 11.3 Å².